The molecule has 1 aliphatic carbocycles. The molecule has 1 heterocycles. The molecule has 3 rings (SSSR count). The Labute approximate surface area is 114 Å². The lowest BCUT2D eigenvalue weighted by Crippen LogP contribution is -2.42. The van der Waals surface area contributed by atoms with Crippen molar-refractivity contribution in [2.24, 2.45) is 0 Å². The molecule has 0 radical (unpaired) electrons. The van der Waals surface area contributed by atoms with E-state index >= 15 is 0 Å². The summed E-state index contributed by atoms with van der Waals surface area (Å²) >= 11 is 0. The van der Waals surface area contributed by atoms with E-state index in [1.165, 1.54) is 11.1 Å². The Morgan fingerprint density at radius 3 is 1.95 bits per heavy atom. The van der Waals surface area contributed by atoms with E-state index in [0.29, 0.717) is 26.1 Å². The van der Waals surface area contributed by atoms with Crippen LogP contribution in [0.25, 0.3) is 0 Å². The summed E-state index contributed by atoms with van der Waals surface area (Å²) in [5.74, 6) is -0.412. The predicted molar refractivity (Wildman–Crippen MR) is 72.9 cm³/mol. The average Bonchev–Trinajstić information content (AvgIpc) is 2.81. The molecular weight excluding hydrogens is 240 g/mol. The zero-order valence-corrected chi connectivity index (χ0v) is 11.7. The lowest BCUT2D eigenvalue weighted by atomic mass is 9.76. The number of ether oxygens (including phenoxy) is 2. The van der Waals surface area contributed by atoms with Crippen molar-refractivity contribution >= 4 is 0 Å². The lowest BCUT2D eigenvalue weighted by molar-refractivity contribution is -0.204. The Balaban J connectivity index is 1.81. The third-order valence-corrected chi connectivity index (χ3v) is 4.41. The second kappa shape index (κ2) is 4.58. The first-order chi connectivity index (χ1) is 9.01. The monoisotopic (exact) mass is 262 g/mol. The molecule has 104 valence electrons. The standard InChI is InChI=1S/C16H22O3/c1-12-9-13(2)11-14(10-12)15(17)3-5-16(6-4-15)18-7-8-19-16/h9-11,17H,3-8H2,1-2H3. The molecule has 19 heavy (non-hydrogen) atoms. The van der Waals surface area contributed by atoms with E-state index in [-0.39, 0.29) is 0 Å². The molecular formula is C16H22O3. The molecule has 1 saturated heterocycles. The molecule has 0 bridgehead atoms. The molecule has 0 aromatic heterocycles. The highest BCUT2D eigenvalue weighted by atomic mass is 16.7. The number of rotatable bonds is 1. The van der Waals surface area contributed by atoms with Crippen molar-refractivity contribution in [1.82, 2.24) is 0 Å². The first kappa shape index (κ1) is 13.1. The van der Waals surface area contributed by atoms with E-state index in [4.69, 9.17) is 9.47 Å². The second-order valence-corrected chi connectivity index (χ2v) is 6.02. The van der Waals surface area contributed by atoms with Gasteiger partial charge in [-0.15, -0.1) is 0 Å². The minimum Gasteiger partial charge on any atom is -0.385 e. The second-order valence-electron chi connectivity index (χ2n) is 6.02. The Kier molecular flexibility index (Phi) is 3.16. The fraction of sp³-hybridized carbons (Fsp3) is 0.625. The molecule has 1 N–H and O–H groups in total. The van der Waals surface area contributed by atoms with E-state index in [1.54, 1.807) is 0 Å². The van der Waals surface area contributed by atoms with Gasteiger partial charge >= 0.3 is 0 Å². The Morgan fingerprint density at radius 1 is 0.895 bits per heavy atom. The molecule has 1 aromatic carbocycles. The maximum Gasteiger partial charge on any atom is 0.168 e. The fourth-order valence-corrected chi connectivity index (χ4v) is 3.36. The highest BCUT2D eigenvalue weighted by Crippen LogP contribution is 2.45. The van der Waals surface area contributed by atoms with Gasteiger partial charge in [0, 0.05) is 12.8 Å². The van der Waals surface area contributed by atoms with Gasteiger partial charge in [-0.2, -0.15) is 0 Å². The number of hydrogen-bond acceptors (Lipinski definition) is 3. The zero-order valence-electron chi connectivity index (χ0n) is 11.7. The van der Waals surface area contributed by atoms with E-state index in [1.807, 2.05) is 0 Å². The average molecular weight is 262 g/mol. The molecule has 0 atom stereocenters. The molecule has 2 aliphatic rings. The quantitative estimate of drug-likeness (QED) is 0.846. The first-order valence-electron chi connectivity index (χ1n) is 7.11. The Bertz CT molecular complexity index is 445. The summed E-state index contributed by atoms with van der Waals surface area (Å²) in [6, 6.07) is 6.34. The SMILES string of the molecule is Cc1cc(C)cc(C2(O)CCC3(CC2)OCCO3)c1. The van der Waals surface area contributed by atoms with Gasteiger partial charge in [0.1, 0.15) is 0 Å². The number of benzene rings is 1. The molecule has 0 unspecified atom stereocenters. The molecule has 2 fully saturated rings. The fourth-order valence-electron chi connectivity index (χ4n) is 3.36. The molecule has 3 heteroatoms. The highest BCUT2D eigenvalue weighted by molar-refractivity contribution is 5.33. The Morgan fingerprint density at radius 2 is 1.42 bits per heavy atom. The maximum absolute atomic E-state index is 10.9. The molecule has 1 aliphatic heterocycles. The van der Waals surface area contributed by atoms with Crippen molar-refractivity contribution in [1.29, 1.82) is 0 Å². The Hall–Kier alpha value is -0.900. The van der Waals surface area contributed by atoms with Gasteiger partial charge in [-0.3, -0.25) is 0 Å². The minimum atomic E-state index is -0.725. The largest absolute Gasteiger partial charge is 0.385 e. The van der Waals surface area contributed by atoms with E-state index in [2.05, 4.69) is 32.0 Å². The number of aryl methyl sites for hydroxylation is 2. The summed E-state index contributed by atoms with van der Waals surface area (Å²) in [5.41, 5.74) is 2.73. The van der Waals surface area contributed by atoms with Crippen LogP contribution in [0.4, 0.5) is 0 Å². The van der Waals surface area contributed by atoms with Crippen LogP contribution >= 0.6 is 0 Å². The summed E-state index contributed by atoms with van der Waals surface area (Å²) in [5, 5.41) is 10.9. The summed E-state index contributed by atoms with van der Waals surface area (Å²) in [4.78, 5) is 0. The summed E-state index contributed by atoms with van der Waals surface area (Å²) in [7, 11) is 0. The smallest absolute Gasteiger partial charge is 0.168 e. The van der Waals surface area contributed by atoms with Crippen LogP contribution in [0.5, 0.6) is 0 Å². The summed E-state index contributed by atoms with van der Waals surface area (Å²) in [6.45, 7) is 5.52. The number of aliphatic hydroxyl groups is 1. The van der Waals surface area contributed by atoms with Gasteiger partial charge < -0.3 is 14.6 Å². The third-order valence-electron chi connectivity index (χ3n) is 4.41. The van der Waals surface area contributed by atoms with Gasteiger partial charge in [-0.1, -0.05) is 29.3 Å². The van der Waals surface area contributed by atoms with Crippen molar-refractivity contribution in [2.75, 3.05) is 13.2 Å². The molecule has 1 saturated carbocycles. The van der Waals surface area contributed by atoms with E-state index in [0.717, 1.165) is 18.4 Å². The van der Waals surface area contributed by atoms with Gasteiger partial charge in [-0.05, 0) is 32.3 Å². The van der Waals surface area contributed by atoms with Crippen LogP contribution in [0, 0.1) is 13.8 Å². The van der Waals surface area contributed by atoms with Crippen LogP contribution in [0.2, 0.25) is 0 Å². The van der Waals surface area contributed by atoms with Crippen molar-refractivity contribution in [2.45, 2.75) is 50.9 Å². The predicted octanol–water partition coefficient (Wildman–Crippen LogP) is 2.81. The van der Waals surface area contributed by atoms with E-state index in [9.17, 15) is 5.11 Å². The molecule has 3 nitrogen and oxygen atoms in total. The van der Waals surface area contributed by atoms with Crippen molar-refractivity contribution in [3.05, 3.63) is 34.9 Å². The van der Waals surface area contributed by atoms with Gasteiger partial charge in [0.25, 0.3) is 0 Å². The first-order valence-corrected chi connectivity index (χ1v) is 7.11. The topological polar surface area (TPSA) is 38.7 Å². The maximum atomic E-state index is 10.9. The lowest BCUT2D eigenvalue weighted by Gasteiger charge is -2.41. The summed E-state index contributed by atoms with van der Waals surface area (Å²) in [6.07, 6.45) is 2.96. The number of hydrogen-bond donors (Lipinski definition) is 1. The van der Waals surface area contributed by atoms with Crippen molar-refractivity contribution in [3.63, 3.8) is 0 Å². The van der Waals surface area contributed by atoms with Crippen LogP contribution < -0.4 is 0 Å². The van der Waals surface area contributed by atoms with E-state index < -0.39 is 11.4 Å². The third kappa shape index (κ3) is 2.42. The van der Waals surface area contributed by atoms with Crippen LogP contribution in [0.3, 0.4) is 0 Å². The van der Waals surface area contributed by atoms with Gasteiger partial charge in [0.2, 0.25) is 0 Å². The van der Waals surface area contributed by atoms with Crippen LogP contribution in [-0.2, 0) is 15.1 Å². The van der Waals surface area contributed by atoms with Gasteiger partial charge in [0.15, 0.2) is 5.79 Å². The minimum absolute atomic E-state index is 0.412. The normalized spacial score (nSPS) is 24.8. The van der Waals surface area contributed by atoms with Crippen LogP contribution in [0.15, 0.2) is 18.2 Å². The van der Waals surface area contributed by atoms with Crippen LogP contribution in [-0.4, -0.2) is 24.1 Å². The van der Waals surface area contributed by atoms with Gasteiger partial charge in [0.05, 0.1) is 18.8 Å². The van der Waals surface area contributed by atoms with Crippen molar-refractivity contribution < 1.29 is 14.6 Å². The zero-order chi connectivity index (χ0) is 13.5. The molecule has 1 spiro atoms. The van der Waals surface area contributed by atoms with Crippen LogP contribution in [0.1, 0.15) is 42.4 Å². The highest BCUT2D eigenvalue weighted by Gasteiger charge is 2.46. The molecule has 1 aromatic rings. The van der Waals surface area contributed by atoms with Crippen molar-refractivity contribution in [3.8, 4) is 0 Å². The molecule has 0 amide bonds. The summed E-state index contributed by atoms with van der Waals surface area (Å²) < 4.78 is 11.4. The van der Waals surface area contributed by atoms with Gasteiger partial charge in [-0.25, -0.2) is 0 Å².